The molecule has 2 aromatic rings. The minimum atomic E-state index is -1.31. The first kappa shape index (κ1) is 23.7. The molecule has 0 aromatic heterocycles. The molecule has 36 heavy (non-hydrogen) atoms. The number of fused-ring (bicyclic) bond motifs is 3. The number of aliphatic carboxylic acids is 1. The third-order valence-corrected chi connectivity index (χ3v) is 12.1. The van der Waals surface area contributed by atoms with E-state index in [-0.39, 0.29) is 12.4 Å². The van der Waals surface area contributed by atoms with Crippen LogP contribution in [0.2, 0.25) is 0 Å². The Hall–Kier alpha value is -2.73. The van der Waals surface area contributed by atoms with Crippen molar-refractivity contribution in [3.63, 3.8) is 0 Å². The van der Waals surface area contributed by atoms with Gasteiger partial charge in [-0.1, -0.05) is 60.7 Å². The minimum absolute atomic E-state index is 0.165. The molecule has 1 N–H and O–H groups in total. The molecule has 2 saturated carbocycles. The summed E-state index contributed by atoms with van der Waals surface area (Å²) >= 11 is 0. The van der Waals surface area contributed by atoms with E-state index in [1.165, 1.54) is 11.1 Å². The number of carboxylic acids is 1. The molecule has 2 heterocycles. The number of carbonyl (C=O) groups excluding carboxylic acids is 1. The Morgan fingerprint density at radius 2 is 1.42 bits per heavy atom. The van der Waals surface area contributed by atoms with Crippen LogP contribution in [-0.4, -0.2) is 36.3 Å². The van der Waals surface area contributed by atoms with Crippen LogP contribution in [0.25, 0.3) is 0 Å². The van der Waals surface area contributed by atoms with Crippen molar-refractivity contribution in [2.75, 3.05) is 0 Å². The van der Waals surface area contributed by atoms with Gasteiger partial charge in [-0.3, -0.25) is 13.8 Å². The SMILES string of the molecule is CC12C(Cc3ccccc3)=C(Cc3ccccc3)C(C)(S1=O)C1(CC1)C2C(=O)OC1(CC(=O)O)CC1. The van der Waals surface area contributed by atoms with Gasteiger partial charge in [0.1, 0.15) is 5.60 Å². The van der Waals surface area contributed by atoms with Crippen LogP contribution < -0.4 is 0 Å². The molecule has 2 aliphatic carbocycles. The lowest BCUT2D eigenvalue weighted by molar-refractivity contribution is -0.162. The van der Waals surface area contributed by atoms with Crippen LogP contribution in [0.5, 0.6) is 0 Å². The molecule has 5 nitrogen and oxygen atoms in total. The molecule has 6 rings (SSSR count). The molecule has 1 spiro atoms. The highest BCUT2D eigenvalue weighted by atomic mass is 32.2. The van der Waals surface area contributed by atoms with Gasteiger partial charge in [0.15, 0.2) is 0 Å². The zero-order valence-corrected chi connectivity index (χ0v) is 21.6. The van der Waals surface area contributed by atoms with Crippen molar-refractivity contribution in [2.24, 2.45) is 11.3 Å². The molecular formula is C30H32O5S. The quantitative estimate of drug-likeness (QED) is 0.404. The van der Waals surface area contributed by atoms with Crippen molar-refractivity contribution in [3.8, 4) is 0 Å². The molecule has 4 unspecified atom stereocenters. The fourth-order valence-corrected chi connectivity index (χ4v) is 10.2. The van der Waals surface area contributed by atoms with Crippen molar-refractivity contribution < 1.29 is 23.6 Å². The lowest BCUT2D eigenvalue weighted by Gasteiger charge is -2.41. The second kappa shape index (κ2) is 7.88. The van der Waals surface area contributed by atoms with Crippen LogP contribution in [0.15, 0.2) is 71.8 Å². The van der Waals surface area contributed by atoms with E-state index in [0.717, 1.165) is 24.0 Å². The number of esters is 1. The molecule has 3 fully saturated rings. The van der Waals surface area contributed by atoms with Crippen molar-refractivity contribution in [1.29, 1.82) is 0 Å². The highest BCUT2D eigenvalue weighted by Crippen LogP contribution is 2.78. The minimum Gasteiger partial charge on any atom is -0.481 e. The van der Waals surface area contributed by atoms with Gasteiger partial charge in [0.05, 0.1) is 21.8 Å². The number of hydrogen-bond acceptors (Lipinski definition) is 4. The molecule has 2 aromatic carbocycles. The Balaban J connectivity index is 1.46. The molecule has 0 amide bonds. The van der Waals surface area contributed by atoms with Gasteiger partial charge in [0.2, 0.25) is 0 Å². The summed E-state index contributed by atoms with van der Waals surface area (Å²) in [6.07, 6.45) is 4.03. The maximum atomic E-state index is 14.5. The van der Waals surface area contributed by atoms with E-state index in [9.17, 15) is 18.9 Å². The lowest BCUT2D eigenvalue weighted by atomic mass is 9.60. The van der Waals surface area contributed by atoms with Crippen LogP contribution in [-0.2, 0) is 38.0 Å². The summed E-state index contributed by atoms with van der Waals surface area (Å²) in [4.78, 5) is 25.3. The van der Waals surface area contributed by atoms with Gasteiger partial charge in [-0.2, -0.15) is 0 Å². The van der Waals surface area contributed by atoms with Crippen molar-refractivity contribution in [1.82, 2.24) is 0 Å². The first-order valence-electron chi connectivity index (χ1n) is 12.8. The number of hydrogen-bond donors (Lipinski definition) is 1. The molecule has 1 saturated heterocycles. The van der Waals surface area contributed by atoms with Crippen LogP contribution in [0.3, 0.4) is 0 Å². The van der Waals surface area contributed by atoms with E-state index < -0.39 is 43.2 Å². The Morgan fingerprint density at radius 3 is 1.89 bits per heavy atom. The maximum Gasteiger partial charge on any atom is 0.311 e. The number of carboxylic acid groups (broad SMARTS) is 1. The molecule has 188 valence electrons. The highest BCUT2D eigenvalue weighted by Gasteiger charge is 2.83. The zero-order valence-electron chi connectivity index (χ0n) is 20.8. The standard InChI is InChI=1S/C30H32O5S/c1-27-22(17-20-9-5-3-6-10-20)23(18-21-11-7-4-8-12-21)28(2,36(27)34)30(15-16-30)25(27)26(33)35-29(13-14-29)19-24(31)32/h3-12,25H,13-19H2,1-2H3,(H,31,32). The number of carbonyl (C=O) groups is 2. The van der Waals surface area contributed by atoms with Gasteiger partial charge in [0.25, 0.3) is 0 Å². The average Bonchev–Trinajstić information content (AvgIpc) is 3.77. The molecule has 0 radical (unpaired) electrons. The van der Waals surface area contributed by atoms with Crippen molar-refractivity contribution in [2.45, 2.75) is 73.9 Å². The average molecular weight is 505 g/mol. The van der Waals surface area contributed by atoms with Crippen LogP contribution in [0.1, 0.15) is 57.1 Å². The first-order valence-corrected chi connectivity index (χ1v) is 14.0. The van der Waals surface area contributed by atoms with Crippen LogP contribution in [0, 0.1) is 11.3 Å². The number of ether oxygens (including phenoxy) is 1. The van der Waals surface area contributed by atoms with Gasteiger partial charge >= 0.3 is 11.9 Å². The van der Waals surface area contributed by atoms with Crippen LogP contribution >= 0.6 is 0 Å². The third kappa shape index (κ3) is 3.22. The summed E-state index contributed by atoms with van der Waals surface area (Å²) in [7, 11) is -1.31. The smallest absolute Gasteiger partial charge is 0.311 e. The summed E-state index contributed by atoms with van der Waals surface area (Å²) in [6.45, 7) is 4.12. The number of rotatable bonds is 8. The van der Waals surface area contributed by atoms with E-state index in [2.05, 4.69) is 31.2 Å². The summed E-state index contributed by atoms with van der Waals surface area (Å²) in [5.74, 6) is -1.83. The Labute approximate surface area is 214 Å². The first-order chi connectivity index (χ1) is 17.2. The molecule has 6 heteroatoms. The van der Waals surface area contributed by atoms with Gasteiger partial charge < -0.3 is 9.84 Å². The van der Waals surface area contributed by atoms with Crippen molar-refractivity contribution >= 4 is 22.7 Å². The Kier molecular flexibility index (Phi) is 5.18. The van der Waals surface area contributed by atoms with E-state index in [0.29, 0.717) is 25.7 Å². The lowest BCUT2D eigenvalue weighted by Crippen LogP contribution is -2.48. The normalized spacial score (nSPS) is 32.5. The molecule has 2 bridgehead atoms. The summed E-state index contributed by atoms with van der Waals surface area (Å²) in [5.41, 5.74) is 3.34. The fourth-order valence-electron chi connectivity index (χ4n) is 7.32. The third-order valence-electron chi connectivity index (χ3n) is 9.42. The predicted octanol–water partition coefficient (Wildman–Crippen LogP) is 5.01. The predicted molar refractivity (Wildman–Crippen MR) is 138 cm³/mol. The topological polar surface area (TPSA) is 80.7 Å². The molecule has 2 aliphatic heterocycles. The number of benzene rings is 2. The summed E-state index contributed by atoms with van der Waals surface area (Å²) in [6, 6.07) is 20.5. The summed E-state index contributed by atoms with van der Waals surface area (Å²) in [5, 5.41) is 9.36. The molecular weight excluding hydrogens is 472 g/mol. The van der Waals surface area contributed by atoms with Gasteiger partial charge in [-0.25, -0.2) is 0 Å². The van der Waals surface area contributed by atoms with E-state index in [4.69, 9.17) is 4.74 Å². The second-order valence-corrected chi connectivity index (χ2v) is 13.7. The van der Waals surface area contributed by atoms with Gasteiger partial charge in [0, 0.05) is 16.2 Å². The summed E-state index contributed by atoms with van der Waals surface area (Å²) < 4.78 is 19.1. The van der Waals surface area contributed by atoms with Gasteiger partial charge in [-0.05, 0) is 74.6 Å². The zero-order chi connectivity index (χ0) is 25.3. The van der Waals surface area contributed by atoms with Gasteiger partial charge in [-0.15, -0.1) is 0 Å². The highest BCUT2D eigenvalue weighted by molar-refractivity contribution is 7.89. The monoisotopic (exact) mass is 504 g/mol. The van der Waals surface area contributed by atoms with E-state index in [1.54, 1.807) is 0 Å². The Morgan fingerprint density at radius 1 is 0.889 bits per heavy atom. The second-order valence-electron chi connectivity index (χ2n) is 11.5. The Bertz CT molecular complexity index is 1290. The van der Waals surface area contributed by atoms with E-state index in [1.807, 2.05) is 43.3 Å². The fraction of sp³-hybridized carbons (Fsp3) is 0.467. The molecule has 4 atom stereocenters. The van der Waals surface area contributed by atoms with Crippen molar-refractivity contribution in [3.05, 3.63) is 82.9 Å². The van der Waals surface area contributed by atoms with E-state index >= 15 is 0 Å². The maximum absolute atomic E-state index is 14.5. The van der Waals surface area contributed by atoms with Crippen LogP contribution in [0.4, 0.5) is 0 Å². The largest absolute Gasteiger partial charge is 0.481 e. The molecule has 4 aliphatic rings.